The molecule has 0 amide bonds. The van der Waals surface area contributed by atoms with Crippen molar-refractivity contribution in [1.82, 2.24) is 19.2 Å². The minimum Gasteiger partial charge on any atom is -0.341 e. The molecule has 0 unspecified atom stereocenters. The molecule has 27 heavy (non-hydrogen) atoms. The van der Waals surface area contributed by atoms with E-state index in [2.05, 4.69) is 31.0 Å². The first-order chi connectivity index (χ1) is 13.2. The number of hydrogen-bond donors (Lipinski definition) is 0. The van der Waals surface area contributed by atoms with Gasteiger partial charge in [0.1, 0.15) is 0 Å². The highest BCUT2D eigenvalue weighted by atomic mass is 79.9. The lowest BCUT2D eigenvalue weighted by molar-refractivity contribution is 0.765. The highest BCUT2D eigenvalue weighted by Gasteiger charge is 2.22. The molecule has 0 radical (unpaired) electrons. The van der Waals surface area contributed by atoms with Gasteiger partial charge in [-0.1, -0.05) is 46.3 Å². The number of benzene rings is 2. The normalized spacial score (nSPS) is 14.5. The fourth-order valence-corrected chi connectivity index (χ4v) is 4.16. The Kier molecular flexibility index (Phi) is 3.97. The van der Waals surface area contributed by atoms with E-state index in [1.807, 2.05) is 52.9 Å². The fraction of sp³-hybridized carbons (Fsp3) is 0.250. The molecule has 5 rings (SSSR count). The minimum absolute atomic E-state index is 0.0528. The zero-order valence-corrected chi connectivity index (χ0v) is 16.3. The highest BCUT2D eigenvalue weighted by Crippen LogP contribution is 2.25. The number of fused-ring (bicyclic) bond motifs is 3. The quantitative estimate of drug-likeness (QED) is 0.506. The molecule has 7 heteroatoms. The molecule has 1 aliphatic heterocycles. The van der Waals surface area contributed by atoms with Crippen LogP contribution < -0.4 is 10.5 Å². The van der Waals surface area contributed by atoms with Crippen molar-refractivity contribution in [2.75, 3.05) is 18.0 Å². The Morgan fingerprint density at radius 1 is 1.00 bits per heavy atom. The van der Waals surface area contributed by atoms with Gasteiger partial charge in [0.15, 0.2) is 0 Å². The predicted octanol–water partition coefficient (Wildman–Crippen LogP) is 3.46. The van der Waals surface area contributed by atoms with Gasteiger partial charge < -0.3 is 4.90 Å². The minimum atomic E-state index is -0.0528. The van der Waals surface area contributed by atoms with Crippen molar-refractivity contribution in [3.8, 4) is 0 Å². The summed E-state index contributed by atoms with van der Waals surface area (Å²) in [6, 6.07) is 15.8. The molecule has 2 aromatic heterocycles. The third-order valence-electron chi connectivity index (χ3n) is 5.12. The largest absolute Gasteiger partial charge is 0.341 e. The Morgan fingerprint density at radius 2 is 1.78 bits per heavy atom. The second-order valence-corrected chi connectivity index (χ2v) is 7.78. The summed E-state index contributed by atoms with van der Waals surface area (Å²) in [7, 11) is 0. The van der Waals surface area contributed by atoms with Crippen LogP contribution >= 0.6 is 15.9 Å². The molecule has 0 spiro atoms. The van der Waals surface area contributed by atoms with E-state index in [0.717, 1.165) is 47.4 Å². The van der Waals surface area contributed by atoms with Crippen molar-refractivity contribution in [1.29, 1.82) is 0 Å². The Morgan fingerprint density at radius 3 is 2.56 bits per heavy atom. The maximum atomic E-state index is 13.3. The van der Waals surface area contributed by atoms with Crippen LogP contribution in [0.3, 0.4) is 0 Å². The molecule has 136 valence electrons. The van der Waals surface area contributed by atoms with E-state index in [9.17, 15) is 4.79 Å². The van der Waals surface area contributed by atoms with Crippen LogP contribution in [0.15, 0.2) is 57.8 Å². The molecule has 4 aromatic rings. The van der Waals surface area contributed by atoms with Gasteiger partial charge >= 0.3 is 0 Å². The van der Waals surface area contributed by atoms with Gasteiger partial charge in [-0.15, -0.1) is 10.2 Å². The molecule has 2 aromatic carbocycles. The van der Waals surface area contributed by atoms with E-state index in [4.69, 9.17) is 0 Å². The lowest BCUT2D eigenvalue weighted by Gasteiger charge is -2.17. The number of anilines is 1. The number of rotatable bonds is 3. The van der Waals surface area contributed by atoms with Crippen LogP contribution in [-0.2, 0) is 6.54 Å². The average Bonchev–Trinajstić information content (AvgIpc) is 3.35. The second-order valence-electron chi connectivity index (χ2n) is 6.87. The van der Waals surface area contributed by atoms with Crippen LogP contribution in [0.4, 0.5) is 5.95 Å². The summed E-state index contributed by atoms with van der Waals surface area (Å²) >= 11 is 3.50. The van der Waals surface area contributed by atoms with Gasteiger partial charge in [0.25, 0.3) is 5.56 Å². The summed E-state index contributed by atoms with van der Waals surface area (Å²) in [6.07, 6.45) is 2.31. The number of halogens is 1. The monoisotopic (exact) mass is 423 g/mol. The van der Waals surface area contributed by atoms with Crippen molar-refractivity contribution in [3.63, 3.8) is 0 Å². The summed E-state index contributed by atoms with van der Waals surface area (Å²) in [5.41, 5.74) is 1.85. The lowest BCUT2D eigenvalue weighted by Crippen LogP contribution is -2.26. The summed E-state index contributed by atoms with van der Waals surface area (Å²) in [5.74, 6) is 1.40. The molecule has 0 aliphatic carbocycles. The first-order valence-corrected chi connectivity index (χ1v) is 9.88. The molecule has 6 nitrogen and oxygen atoms in total. The maximum absolute atomic E-state index is 13.3. The van der Waals surface area contributed by atoms with Gasteiger partial charge in [-0.05, 0) is 36.6 Å². The van der Waals surface area contributed by atoms with Crippen LogP contribution in [0.2, 0.25) is 0 Å². The van der Waals surface area contributed by atoms with E-state index in [1.54, 1.807) is 4.57 Å². The summed E-state index contributed by atoms with van der Waals surface area (Å²) < 4.78 is 4.63. The molecule has 1 saturated heterocycles. The number of aromatic nitrogens is 4. The SMILES string of the molecule is O=c1c2cc(Br)ccc2n2c(N3CCCC3)nnc2n1Cc1ccccc1. The summed E-state index contributed by atoms with van der Waals surface area (Å²) in [4.78, 5) is 15.5. The molecule has 0 bridgehead atoms. The van der Waals surface area contributed by atoms with Crippen LogP contribution in [-0.4, -0.2) is 32.3 Å². The van der Waals surface area contributed by atoms with Gasteiger partial charge in [0.05, 0.1) is 17.4 Å². The van der Waals surface area contributed by atoms with E-state index >= 15 is 0 Å². The van der Waals surface area contributed by atoms with Gasteiger partial charge in [-0.3, -0.25) is 9.36 Å². The Balaban J connectivity index is 1.82. The van der Waals surface area contributed by atoms with Crippen molar-refractivity contribution in [2.45, 2.75) is 19.4 Å². The van der Waals surface area contributed by atoms with E-state index in [-0.39, 0.29) is 5.56 Å². The zero-order chi connectivity index (χ0) is 18.4. The third-order valence-corrected chi connectivity index (χ3v) is 5.61. The maximum Gasteiger partial charge on any atom is 0.263 e. The standard InChI is InChI=1S/C20H18BrN5O/c21-15-8-9-17-16(12-15)18(27)25(13-14-6-2-1-3-7-14)20-23-22-19(26(17)20)24-10-4-5-11-24/h1-3,6-9,12H,4-5,10-11,13H2. The molecule has 0 N–H and O–H groups in total. The first kappa shape index (κ1) is 16.5. The Hall–Kier alpha value is -2.67. The van der Waals surface area contributed by atoms with Crippen molar-refractivity contribution >= 4 is 38.6 Å². The first-order valence-electron chi connectivity index (χ1n) is 9.08. The molecule has 0 atom stereocenters. The summed E-state index contributed by atoms with van der Waals surface area (Å²) in [6.45, 7) is 2.40. The van der Waals surface area contributed by atoms with Crippen LogP contribution in [0, 0.1) is 0 Å². The average molecular weight is 424 g/mol. The van der Waals surface area contributed by atoms with Crippen LogP contribution in [0.5, 0.6) is 0 Å². The summed E-state index contributed by atoms with van der Waals surface area (Å²) in [5, 5.41) is 9.54. The predicted molar refractivity (Wildman–Crippen MR) is 109 cm³/mol. The number of nitrogens with zero attached hydrogens (tertiary/aromatic N) is 5. The lowest BCUT2D eigenvalue weighted by atomic mass is 10.2. The smallest absolute Gasteiger partial charge is 0.263 e. The van der Waals surface area contributed by atoms with E-state index in [1.165, 1.54) is 0 Å². The Labute approximate surface area is 164 Å². The van der Waals surface area contributed by atoms with Crippen molar-refractivity contribution < 1.29 is 0 Å². The van der Waals surface area contributed by atoms with Crippen LogP contribution in [0.1, 0.15) is 18.4 Å². The van der Waals surface area contributed by atoms with Gasteiger partial charge in [-0.25, -0.2) is 4.40 Å². The van der Waals surface area contributed by atoms with E-state index < -0.39 is 0 Å². The Bertz CT molecular complexity index is 1190. The zero-order valence-electron chi connectivity index (χ0n) is 14.7. The molecule has 0 saturated carbocycles. The van der Waals surface area contributed by atoms with Gasteiger partial charge in [0.2, 0.25) is 11.7 Å². The molecule has 3 heterocycles. The number of hydrogen-bond acceptors (Lipinski definition) is 4. The van der Waals surface area contributed by atoms with Crippen molar-refractivity contribution in [3.05, 3.63) is 68.9 Å². The molecular weight excluding hydrogens is 406 g/mol. The van der Waals surface area contributed by atoms with Crippen LogP contribution in [0.25, 0.3) is 16.7 Å². The van der Waals surface area contributed by atoms with Gasteiger partial charge in [0, 0.05) is 17.6 Å². The third kappa shape index (κ3) is 2.73. The van der Waals surface area contributed by atoms with E-state index in [0.29, 0.717) is 17.7 Å². The fourth-order valence-electron chi connectivity index (χ4n) is 3.80. The highest BCUT2D eigenvalue weighted by molar-refractivity contribution is 9.10. The molecule has 1 aliphatic rings. The molecule has 1 fully saturated rings. The van der Waals surface area contributed by atoms with Crippen molar-refractivity contribution in [2.24, 2.45) is 0 Å². The molecular formula is C20H18BrN5O. The second kappa shape index (κ2) is 6.49. The topological polar surface area (TPSA) is 55.4 Å². The van der Waals surface area contributed by atoms with Gasteiger partial charge in [-0.2, -0.15) is 0 Å².